The number of hydrogen-bond acceptors (Lipinski definition) is 6. The average molecular weight is 368 g/mol. The Kier molecular flexibility index (Phi) is 10.4. The Morgan fingerprint density at radius 2 is 1.55 bits per heavy atom. The minimum Gasteiger partial charge on any atom is -0.386 e. The van der Waals surface area contributed by atoms with E-state index in [0.29, 0.717) is 17.5 Å². The number of aromatic nitrogens is 8. The molecule has 2 aromatic rings. The Hall–Kier alpha value is -0.880. The second-order valence-electron chi connectivity index (χ2n) is 2.98. The third kappa shape index (κ3) is 9.97. The number of aliphatic hydroxyl groups excluding tert-OH is 1. The molecule has 0 amide bonds. The van der Waals surface area contributed by atoms with Gasteiger partial charge in [0.1, 0.15) is 26.6 Å². The van der Waals surface area contributed by atoms with Crippen LogP contribution < -0.4 is 9.59 Å². The standard InChI is InChI=1S/C3H5ClN4.C3H6N4O.Cl2OS/c1-8-6-3(2-4)5-7-8;1-7-5-3(2-8)4-6-7;1-4(2)3/h2H2,1H3;8H,2H2,1H3;/p+2. The Morgan fingerprint density at radius 1 is 1.15 bits per heavy atom. The molecule has 0 aliphatic heterocycles. The topological polar surface area (TPSA) is 128 Å². The summed E-state index contributed by atoms with van der Waals surface area (Å²) in [7, 11) is 10.8. The minimum absolute atomic E-state index is 0.114. The van der Waals surface area contributed by atoms with Crippen molar-refractivity contribution in [1.29, 1.82) is 0 Å². The van der Waals surface area contributed by atoms with Gasteiger partial charge in [0.15, 0.2) is 0 Å². The van der Waals surface area contributed by atoms with E-state index in [1.165, 1.54) is 9.59 Å². The van der Waals surface area contributed by atoms with Crippen LogP contribution >= 0.6 is 33.0 Å². The average Bonchev–Trinajstić information content (AvgIpc) is 2.97. The molecular formula is C6H13Cl3N8O2S+2. The molecular weight excluding hydrogens is 355 g/mol. The summed E-state index contributed by atoms with van der Waals surface area (Å²) in [6, 6.07) is 0. The molecule has 0 atom stereocenters. The molecule has 0 saturated carbocycles. The Balaban J connectivity index is 0.000000289. The van der Waals surface area contributed by atoms with Gasteiger partial charge in [-0.05, 0) is 20.6 Å². The highest BCUT2D eigenvalue weighted by Crippen LogP contribution is 1.89. The number of H-pyrrole nitrogens is 2. The van der Waals surface area contributed by atoms with Gasteiger partial charge in [-0.3, -0.25) is 0 Å². The number of tetrazole rings is 2. The zero-order chi connectivity index (χ0) is 15.5. The number of aryl methyl sites for hydroxylation is 2. The molecule has 0 aromatic carbocycles. The highest BCUT2D eigenvalue weighted by Gasteiger charge is 2.04. The number of alkyl halides is 1. The maximum atomic E-state index is 9.09. The molecule has 10 nitrogen and oxygen atoms in total. The van der Waals surface area contributed by atoms with Gasteiger partial charge in [0, 0.05) is 21.4 Å². The van der Waals surface area contributed by atoms with Gasteiger partial charge < -0.3 is 5.11 Å². The summed E-state index contributed by atoms with van der Waals surface area (Å²) >= 11 is 5.38. The number of aromatic amines is 2. The molecule has 14 heteroatoms. The van der Waals surface area contributed by atoms with Gasteiger partial charge in [0.05, 0.1) is 10.2 Å². The second kappa shape index (κ2) is 10.9. The number of rotatable bonds is 2. The van der Waals surface area contributed by atoms with Crippen LogP contribution in [0.3, 0.4) is 0 Å². The first-order valence-electron chi connectivity index (χ1n) is 4.85. The zero-order valence-corrected chi connectivity index (χ0v) is 13.6. The maximum Gasteiger partial charge on any atom is 0.333 e. The Labute approximate surface area is 130 Å². The normalized spacial score (nSPS) is 9.55. The molecule has 0 saturated heterocycles. The smallest absolute Gasteiger partial charge is 0.333 e. The van der Waals surface area contributed by atoms with Crippen LogP contribution in [0.15, 0.2) is 0 Å². The fraction of sp³-hybridized carbons (Fsp3) is 0.667. The van der Waals surface area contributed by atoms with Crippen molar-refractivity contribution in [2.75, 3.05) is 0 Å². The summed E-state index contributed by atoms with van der Waals surface area (Å²) < 4.78 is 9.09. The zero-order valence-electron chi connectivity index (χ0n) is 10.5. The summed E-state index contributed by atoms with van der Waals surface area (Å²) in [5, 5.41) is 28.4. The van der Waals surface area contributed by atoms with Crippen LogP contribution in [0.5, 0.6) is 0 Å². The third-order valence-electron chi connectivity index (χ3n) is 1.44. The molecule has 0 bridgehead atoms. The van der Waals surface area contributed by atoms with E-state index in [1.54, 1.807) is 14.1 Å². The summed E-state index contributed by atoms with van der Waals surface area (Å²) in [6.45, 7) is -0.114. The van der Waals surface area contributed by atoms with Gasteiger partial charge in [-0.1, -0.05) is 9.59 Å². The Bertz CT molecular complexity index is 476. The largest absolute Gasteiger partial charge is 0.386 e. The van der Waals surface area contributed by atoms with Gasteiger partial charge >= 0.3 is 11.6 Å². The molecule has 114 valence electrons. The van der Waals surface area contributed by atoms with Crippen LogP contribution in [0.1, 0.15) is 11.6 Å². The molecule has 3 N–H and O–H groups in total. The molecule has 0 fully saturated rings. The monoisotopic (exact) mass is 366 g/mol. The summed E-state index contributed by atoms with van der Waals surface area (Å²) in [6.07, 6.45) is 0. The highest BCUT2D eigenvalue weighted by molar-refractivity contribution is 8.26. The minimum atomic E-state index is -1.67. The lowest BCUT2D eigenvalue weighted by atomic mass is 10.7. The van der Waals surface area contributed by atoms with Gasteiger partial charge in [-0.25, -0.2) is 4.21 Å². The molecule has 0 radical (unpaired) electrons. The molecule has 2 rings (SSSR count). The predicted molar refractivity (Wildman–Crippen MR) is 70.4 cm³/mol. The van der Waals surface area contributed by atoms with E-state index in [-0.39, 0.29) is 6.61 Å². The summed E-state index contributed by atoms with van der Waals surface area (Å²) in [4.78, 5) is 2.92. The van der Waals surface area contributed by atoms with Crippen molar-refractivity contribution < 1.29 is 18.9 Å². The van der Waals surface area contributed by atoms with Crippen molar-refractivity contribution in [2.45, 2.75) is 12.5 Å². The third-order valence-corrected chi connectivity index (χ3v) is 1.68. The first-order chi connectivity index (χ1) is 9.38. The van der Waals surface area contributed by atoms with Gasteiger partial charge in [0.25, 0.3) is 0 Å². The number of halogens is 3. The van der Waals surface area contributed by atoms with Crippen molar-refractivity contribution in [1.82, 2.24) is 30.8 Å². The molecule has 2 heterocycles. The number of nitrogens with zero attached hydrogens (tertiary/aromatic N) is 6. The van der Waals surface area contributed by atoms with Crippen LogP contribution in [0.25, 0.3) is 0 Å². The van der Waals surface area contributed by atoms with E-state index in [9.17, 15) is 0 Å². The molecule has 20 heavy (non-hydrogen) atoms. The van der Waals surface area contributed by atoms with Crippen LogP contribution in [0.2, 0.25) is 0 Å². The molecule has 0 unspecified atom stereocenters. The van der Waals surface area contributed by atoms with E-state index >= 15 is 0 Å². The Morgan fingerprint density at radius 3 is 1.70 bits per heavy atom. The van der Waals surface area contributed by atoms with Crippen molar-refractivity contribution in [3.8, 4) is 0 Å². The lowest BCUT2D eigenvalue weighted by Gasteiger charge is -1.68. The first-order valence-corrected chi connectivity index (χ1v) is 8.19. The van der Waals surface area contributed by atoms with Crippen LogP contribution in [0, 0.1) is 0 Å². The lowest BCUT2D eigenvalue weighted by molar-refractivity contribution is -0.784. The lowest BCUT2D eigenvalue weighted by Crippen LogP contribution is -2.33. The highest BCUT2D eigenvalue weighted by atomic mass is 36.0. The second-order valence-corrected chi connectivity index (χ2v) is 5.77. The molecule has 0 aliphatic rings. The molecule has 0 aliphatic carbocycles. The predicted octanol–water partition coefficient (Wildman–Crippen LogP) is -1.47. The number of hydrogen-bond donors (Lipinski definition) is 3. The van der Waals surface area contributed by atoms with E-state index in [4.69, 9.17) is 20.9 Å². The summed E-state index contributed by atoms with van der Waals surface area (Å²) in [5.41, 5.74) is 0. The van der Waals surface area contributed by atoms with Gasteiger partial charge in [0.2, 0.25) is 9.23 Å². The van der Waals surface area contributed by atoms with Gasteiger partial charge in [-0.15, -0.1) is 11.6 Å². The van der Waals surface area contributed by atoms with Crippen LogP contribution in [0.4, 0.5) is 0 Å². The maximum absolute atomic E-state index is 9.09. The SMILES string of the molecule is C[n+]1nc(CCl)n[nH]1.C[n+]1nc(CO)n[nH]1.O=S(Cl)Cl. The van der Waals surface area contributed by atoms with Gasteiger partial charge in [-0.2, -0.15) is 0 Å². The number of aliphatic hydroxyl groups is 1. The van der Waals surface area contributed by atoms with E-state index in [0.717, 1.165) is 0 Å². The van der Waals surface area contributed by atoms with Crippen molar-refractivity contribution in [2.24, 2.45) is 14.1 Å². The van der Waals surface area contributed by atoms with Crippen molar-refractivity contribution in [3.05, 3.63) is 11.6 Å². The van der Waals surface area contributed by atoms with E-state index in [1.807, 2.05) is 0 Å². The fourth-order valence-electron chi connectivity index (χ4n) is 0.819. The van der Waals surface area contributed by atoms with Crippen molar-refractivity contribution >= 4 is 42.2 Å². The van der Waals surface area contributed by atoms with Crippen LogP contribution in [-0.2, 0) is 35.8 Å². The fourth-order valence-corrected chi connectivity index (χ4v) is 0.933. The molecule has 0 spiro atoms. The quantitative estimate of drug-likeness (QED) is 0.338. The molecule has 2 aromatic heterocycles. The van der Waals surface area contributed by atoms with Crippen molar-refractivity contribution in [3.63, 3.8) is 0 Å². The van der Waals surface area contributed by atoms with E-state index in [2.05, 4.69) is 52.2 Å². The van der Waals surface area contributed by atoms with E-state index < -0.39 is 9.23 Å². The van der Waals surface area contributed by atoms with Crippen LogP contribution in [-0.4, -0.2) is 40.1 Å². The first kappa shape index (κ1) is 19.1. The number of nitrogens with one attached hydrogen (secondary N) is 2. The summed E-state index contributed by atoms with van der Waals surface area (Å²) in [5.74, 6) is 1.39.